The molecule has 0 fully saturated rings. The molecule has 0 unspecified atom stereocenters. The summed E-state index contributed by atoms with van der Waals surface area (Å²) in [6.45, 7) is 6.62. The predicted molar refractivity (Wildman–Crippen MR) is 76.1 cm³/mol. The predicted octanol–water partition coefficient (Wildman–Crippen LogP) is 3.33. The van der Waals surface area contributed by atoms with Crippen LogP contribution >= 0.6 is 27.3 Å². The van der Waals surface area contributed by atoms with E-state index in [9.17, 15) is 0 Å². The SMILES string of the molecule is CCNCCCCN(C)Cc1csc(Br)c1. The summed E-state index contributed by atoms with van der Waals surface area (Å²) in [5.41, 5.74) is 1.41. The summed E-state index contributed by atoms with van der Waals surface area (Å²) in [6.07, 6.45) is 2.54. The molecular weight excluding hydrogens is 284 g/mol. The van der Waals surface area contributed by atoms with Crippen molar-refractivity contribution < 1.29 is 0 Å². The third-order valence-electron chi connectivity index (χ3n) is 2.47. The minimum Gasteiger partial charge on any atom is -0.317 e. The van der Waals surface area contributed by atoms with E-state index in [4.69, 9.17) is 0 Å². The van der Waals surface area contributed by atoms with Crippen molar-refractivity contribution in [2.24, 2.45) is 0 Å². The Bertz CT molecular complexity index is 288. The van der Waals surface area contributed by atoms with E-state index in [0.717, 1.165) is 19.6 Å². The minimum atomic E-state index is 1.06. The van der Waals surface area contributed by atoms with Crippen molar-refractivity contribution in [2.75, 3.05) is 26.7 Å². The highest BCUT2D eigenvalue weighted by Crippen LogP contribution is 2.21. The Morgan fingerprint density at radius 2 is 2.25 bits per heavy atom. The molecule has 0 saturated carbocycles. The second-order valence-corrected chi connectivity index (χ2v) is 6.35. The Hall–Kier alpha value is 0.100. The second-order valence-electron chi connectivity index (χ2n) is 4.06. The summed E-state index contributed by atoms with van der Waals surface area (Å²) in [5, 5.41) is 5.57. The molecule has 92 valence electrons. The molecule has 16 heavy (non-hydrogen) atoms. The van der Waals surface area contributed by atoms with Crippen LogP contribution in [0.5, 0.6) is 0 Å². The molecular formula is C12H21BrN2S. The fraction of sp³-hybridized carbons (Fsp3) is 0.667. The third kappa shape index (κ3) is 5.99. The van der Waals surface area contributed by atoms with E-state index in [1.54, 1.807) is 11.3 Å². The lowest BCUT2D eigenvalue weighted by Crippen LogP contribution is -2.20. The van der Waals surface area contributed by atoms with Crippen LogP contribution in [0.3, 0.4) is 0 Å². The molecule has 0 atom stereocenters. The highest BCUT2D eigenvalue weighted by atomic mass is 79.9. The Balaban J connectivity index is 2.09. The molecule has 1 N–H and O–H groups in total. The van der Waals surface area contributed by atoms with E-state index in [2.05, 4.69) is 51.6 Å². The highest BCUT2D eigenvalue weighted by Gasteiger charge is 2.02. The minimum absolute atomic E-state index is 1.06. The van der Waals surface area contributed by atoms with E-state index in [0.29, 0.717) is 0 Å². The van der Waals surface area contributed by atoms with Crippen LogP contribution < -0.4 is 5.32 Å². The third-order valence-corrected chi connectivity index (χ3v) is 4.02. The van der Waals surface area contributed by atoms with Gasteiger partial charge in [-0.3, -0.25) is 0 Å². The van der Waals surface area contributed by atoms with Crippen LogP contribution in [0, 0.1) is 0 Å². The zero-order valence-electron chi connectivity index (χ0n) is 10.1. The van der Waals surface area contributed by atoms with Crippen molar-refractivity contribution in [2.45, 2.75) is 26.3 Å². The number of hydrogen-bond acceptors (Lipinski definition) is 3. The number of nitrogens with zero attached hydrogens (tertiary/aromatic N) is 1. The van der Waals surface area contributed by atoms with Gasteiger partial charge in [-0.15, -0.1) is 11.3 Å². The second kappa shape index (κ2) is 8.23. The molecule has 0 aromatic carbocycles. The van der Waals surface area contributed by atoms with Crippen LogP contribution in [0.1, 0.15) is 25.3 Å². The monoisotopic (exact) mass is 304 g/mol. The molecule has 0 amide bonds. The van der Waals surface area contributed by atoms with Crippen molar-refractivity contribution in [3.63, 3.8) is 0 Å². The molecule has 0 radical (unpaired) electrons. The van der Waals surface area contributed by atoms with Gasteiger partial charge in [0.25, 0.3) is 0 Å². The zero-order valence-corrected chi connectivity index (χ0v) is 12.5. The molecule has 0 spiro atoms. The van der Waals surface area contributed by atoms with E-state index in [1.165, 1.54) is 28.7 Å². The van der Waals surface area contributed by atoms with Crippen molar-refractivity contribution in [1.29, 1.82) is 0 Å². The zero-order chi connectivity index (χ0) is 11.8. The molecule has 1 aromatic heterocycles. The maximum atomic E-state index is 3.49. The van der Waals surface area contributed by atoms with Crippen LogP contribution in [0.4, 0.5) is 0 Å². The fourth-order valence-electron chi connectivity index (χ4n) is 1.63. The van der Waals surface area contributed by atoms with Gasteiger partial charge < -0.3 is 10.2 Å². The van der Waals surface area contributed by atoms with E-state index in [1.807, 2.05) is 0 Å². The lowest BCUT2D eigenvalue weighted by molar-refractivity contribution is 0.318. The van der Waals surface area contributed by atoms with Crippen LogP contribution in [-0.4, -0.2) is 31.6 Å². The number of hydrogen-bond donors (Lipinski definition) is 1. The first-order chi connectivity index (χ1) is 7.72. The molecule has 0 bridgehead atoms. The van der Waals surface area contributed by atoms with Gasteiger partial charge in [-0.1, -0.05) is 6.92 Å². The van der Waals surface area contributed by atoms with Gasteiger partial charge in [0.2, 0.25) is 0 Å². The molecule has 1 aromatic rings. The first-order valence-corrected chi connectivity index (χ1v) is 7.51. The number of thiophene rings is 1. The summed E-state index contributed by atoms with van der Waals surface area (Å²) in [7, 11) is 2.19. The van der Waals surface area contributed by atoms with Gasteiger partial charge in [-0.2, -0.15) is 0 Å². The number of nitrogens with one attached hydrogen (secondary N) is 1. The van der Waals surface area contributed by atoms with E-state index in [-0.39, 0.29) is 0 Å². The molecule has 0 aliphatic heterocycles. The van der Waals surface area contributed by atoms with Crippen LogP contribution in [0.25, 0.3) is 0 Å². The molecule has 0 saturated heterocycles. The lowest BCUT2D eigenvalue weighted by Gasteiger charge is -2.15. The summed E-state index contributed by atoms with van der Waals surface area (Å²) < 4.78 is 1.23. The summed E-state index contributed by atoms with van der Waals surface area (Å²) in [6, 6.07) is 2.21. The Morgan fingerprint density at radius 3 is 2.88 bits per heavy atom. The fourth-order valence-corrected chi connectivity index (χ4v) is 2.83. The highest BCUT2D eigenvalue weighted by molar-refractivity contribution is 9.11. The number of unbranched alkanes of at least 4 members (excludes halogenated alkanes) is 1. The Morgan fingerprint density at radius 1 is 1.44 bits per heavy atom. The van der Waals surface area contributed by atoms with E-state index < -0.39 is 0 Å². The topological polar surface area (TPSA) is 15.3 Å². The van der Waals surface area contributed by atoms with Gasteiger partial charge in [-0.05, 0) is 72.5 Å². The average Bonchev–Trinajstić information content (AvgIpc) is 2.63. The van der Waals surface area contributed by atoms with Gasteiger partial charge in [0, 0.05) is 6.54 Å². The van der Waals surface area contributed by atoms with Crippen molar-refractivity contribution in [3.8, 4) is 0 Å². The first-order valence-electron chi connectivity index (χ1n) is 5.84. The maximum Gasteiger partial charge on any atom is 0.0701 e. The molecule has 0 aliphatic rings. The standard InChI is InChI=1S/C12H21BrN2S/c1-3-14-6-4-5-7-15(2)9-11-8-12(13)16-10-11/h8,10,14H,3-7,9H2,1-2H3. The molecule has 0 aliphatic carbocycles. The molecule has 1 heterocycles. The summed E-state index contributed by atoms with van der Waals surface area (Å²) >= 11 is 5.26. The maximum absolute atomic E-state index is 3.49. The largest absolute Gasteiger partial charge is 0.317 e. The lowest BCUT2D eigenvalue weighted by atomic mass is 10.2. The summed E-state index contributed by atoms with van der Waals surface area (Å²) in [4.78, 5) is 2.39. The molecule has 4 heteroatoms. The van der Waals surface area contributed by atoms with Crippen LogP contribution in [0.2, 0.25) is 0 Å². The van der Waals surface area contributed by atoms with Gasteiger partial charge in [0.05, 0.1) is 3.79 Å². The van der Waals surface area contributed by atoms with E-state index >= 15 is 0 Å². The summed E-state index contributed by atoms with van der Waals surface area (Å²) in [5.74, 6) is 0. The van der Waals surface area contributed by atoms with Gasteiger partial charge >= 0.3 is 0 Å². The van der Waals surface area contributed by atoms with Gasteiger partial charge in [-0.25, -0.2) is 0 Å². The number of rotatable bonds is 8. The molecule has 1 rings (SSSR count). The first kappa shape index (κ1) is 14.2. The van der Waals surface area contributed by atoms with Gasteiger partial charge in [0.15, 0.2) is 0 Å². The van der Waals surface area contributed by atoms with Crippen LogP contribution in [0.15, 0.2) is 15.2 Å². The van der Waals surface area contributed by atoms with Crippen LogP contribution in [-0.2, 0) is 6.54 Å². The van der Waals surface area contributed by atoms with Crippen molar-refractivity contribution in [3.05, 3.63) is 20.8 Å². The average molecular weight is 305 g/mol. The van der Waals surface area contributed by atoms with Gasteiger partial charge in [0.1, 0.15) is 0 Å². The quantitative estimate of drug-likeness (QED) is 0.741. The normalized spacial score (nSPS) is 11.2. The molecule has 2 nitrogen and oxygen atoms in total. The smallest absolute Gasteiger partial charge is 0.0701 e. The van der Waals surface area contributed by atoms with Crippen molar-refractivity contribution in [1.82, 2.24) is 10.2 Å². The number of halogens is 1. The van der Waals surface area contributed by atoms with Crippen molar-refractivity contribution >= 4 is 27.3 Å². The Kier molecular flexibility index (Phi) is 7.28. The Labute approximate surface area is 111 Å².